The van der Waals surface area contributed by atoms with Crippen molar-refractivity contribution in [3.63, 3.8) is 0 Å². The monoisotopic (exact) mass is 414 g/mol. The standard InChI is InChI=1S/C24H18N2O5/c1-16-5-2-7-18(11-16)15-30-21-10-3-6-17(12-21)13-22-24(27)31-23(25-22)19-8-4-9-20(14-19)26(28)29/h2-14H,15H2,1H3/b22-13+. The van der Waals surface area contributed by atoms with Crippen molar-refractivity contribution >= 4 is 23.6 Å². The maximum Gasteiger partial charge on any atom is 0.363 e. The van der Waals surface area contributed by atoms with Crippen molar-refractivity contribution in [1.82, 2.24) is 0 Å². The zero-order valence-corrected chi connectivity index (χ0v) is 16.6. The van der Waals surface area contributed by atoms with Gasteiger partial charge >= 0.3 is 5.97 Å². The van der Waals surface area contributed by atoms with Gasteiger partial charge in [-0.2, -0.15) is 0 Å². The summed E-state index contributed by atoms with van der Waals surface area (Å²) in [5, 5.41) is 11.0. The van der Waals surface area contributed by atoms with E-state index < -0.39 is 10.9 Å². The number of esters is 1. The minimum absolute atomic E-state index is 0.0341. The van der Waals surface area contributed by atoms with Crippen LogP contribution in [0.25, 0.3) is 6.08 Å². The molecule has 0 unspecified atom stereocenters. The Hall–Kier alpha value is -4.26. The lowest BCUT2D eigenvalue weighted by Crippen LogP contribution is -2.05. The molecule has 0 amide bonds. The molecule has 0 saturated carbocycles. The second-order valence-electron chi connectivity index (χ2n) is 6.99. The molecule has 0 N–H and O–H groups in total. The Morgan fingerprint density at radius 2 is 1.87 bits per heavy atom. The maximum atomic E-state index is 12.2. The number of hydrogen-bond acceptors (Lipinski definition) is 6. The number of benzene rings is 3. The quantitative estimate of drug-likeness (QED) is 0.249. The van der Waals surface area contributed by atoms with Gasteiger partial charge in [-0.15, -0.1) is 0 Å². The number of hydrogen-bond donors (Lipinski definition) is 0. The molecule has 7 nitrogen and oxygen atoms in total. The summed E-state index contributed by atoms with van der Waals surface area (Å²) in [6, 6.07) is 21.1. The second-order valence-corrected chi connectivity index (χ2v) is 6.99. The minimum atomic E-state index is -0.618. The first-order valence-electron chi connectivity index (χ1n) is 9.54. The lowest BCUT2D eigenvalue weighted by molar-refractivity contribution is -0.384. The number of carbonyl (C=O) groups excluding carboxylic acids is 1. The number of nitrogens with zero attached hydrogens (tertiary/aromatic N) is 2. The summed E-state index contributed by atoms with van der Waals surface area (Å²) < 4.78 is 11.1. The van der Waals surface area contributed by atoms with Gasteiger partial charge in [-0.05, 0) is 42.3 Å². The molecule has 154 valence electrons. The van der Waals surface area contributed by atoms with Gasteiger partial charge in [0.15, 0.2) is 5.70 Å². The lowest BCUT2D eigenvalue weighted by atomic mass is 10.1. The molecular weight excluding hydrogens is 396 g/mol. The van der Waals surface area contributed by atoms with Crippen LogP contribution in [0.4, 0.5) is 5.69 Å². The van der Waals surface area contributed by atoms with Crippen molar-refractivity contribution in [2.75, 3.05) is 0 Å². The van der Waals surface area contributed by atoms with Gasteiger partial charge in [0.1, 0.15) is 12.4 Å². The Morgan fingerprint density at radius 1 is 1.06 bits per heavy atom. The molecule has 4 rings (SSSR count). The number of cyclic esters (lactones) is 1. The number of rotatable bonds is 6. The Balaban J connectivity index is 1.53. The average Bonchev–Trinajstić information content (AvgIpc) is 3.13. The van der Waals surface area contributed by atoms with Crippen LogP contribution in [0, 0.1) is 17.0 Å². The van der Waals surface area contributed by atoms with Crippen LogP contribution in [-0.4, -0.2) is 16.8 Å². The van der Waals surface area contributed by atoms with Gasteiger partial charge < -0.3 is 9.47 Å². The normalized spacial score (nSPS) is 14.3. The SMILES string of the molecule is Cc1cccc(COc2cccc(/C=C3/N=C(c4cccc([N+](=O)[O-])c4)OC3=O)c2)c1. The lowest BCUT2D eigenvalue weighted by Gasteiger charge is -2.07. The smallest absolute Gasteiger partial charge is 0.363 e. The third-order valence-electron chi connectivity index (χ3n) is 4.57. The van der Waals surface area contributed by atoms with E-state index in [4.69, 9.17) is 9.47 Å². The first-order chi connectivity index (χ1) is 15.0. The minimum Gasteiger partial charge on any atom is -0.489 e. The Bertz CT molecular complexity index is 1230. The molecule has 1 aliphatic rings. The molecule has 0 aliphatic carbocycles. The van der Waals surface area contributed by atoms with Crippen molar-refractivity contribution in [1.29, 1.82) is 0 Å². The Labute approximate surface area is 178 Å². The van der Waals surface area contributed by atoms with Crippen LogP contribution in [-0.2, 0) is 16.1 Å². The topological polar surface area (TPSA) is 91.0 Å². The summed E-state index contributed by atoms with van der Waals surface area (Å²) in [5.41, 5.74) is 3.31. The third kappa shape index (κ3) is 4.84. The van der Waals surface area contributed by atoms with Crippen molar-refractivity contribution in [3.8, 4) is 5.75 Å². The van der Waals surface area contributed by atoms with E-state index in [9.17, 15) is 14.9 Å². The maximum absolute atomic E-state index is 12.2. The molecule has 0 aromatic heterocycles. The fourth-order valence-electron chi connectivity index (χ4n) is 3.11. The van der Waals surface area contributed by atoms with Crippen molar-refractivity contribution < 1.29 is 19.2 Å². The molecule has 31 heavy (non-hydrogen) atoms. The van der Waals surface area contributed by atoms with Gasteiger partial charge in [0, 0.05) is 17.7 Å². The molecule has 3 aromatic carbocycles. The number of carbonyl (C=O) groups is 1. The predicted octanol–water partition coefficient (Wildman–Crippen LogP) is 4.83. The molecule has 3 aromatic rings. The molecule has 1 heterocycles. The van der Waals surface area contributed by atoms with Gasteiger partial charge in [-0.3, -0.25) is 10.1 Å². The van der Waals surface area contributed by atoms with E-state index in [0.717, 1.165) is 16.7 Å². The summed E-state index contributed by atoms with van der Waals surface area (Å²) in [4.78, 5) is 26.9. The highest BCUT2D eigenvalue weighted by molar-refractivity contribution is 6.13. The number of aryl methyl sites for hydroxylation is 1. The summed E-state index contributed by atoms with van der Waals surface area (Å²) in [7, 11) is 0. The Morgan fingerprint density at radius 3 is 2.68 bits per heavy atom. The van der Waals surface area contributed by atoms with Crippen molar-refractivity contribution in [2.24, 2.45) is 4.99 Å². The predicted molar refractivity (Wildman–Crippen MR) is 116 cm³/mol. The molecule has 0 radical (unpaired) electrons. The van der Waals surface area contributed by atoms with E-state index >= 15 is 0 Å². The number of nitro groups is 1. The van der Waals surface area contributed by atoms with Crippen LogP contribution in [0.15, 0.2) is 83.5 Å². The van der Waals surface area contributed by atoms with Gasteiger partial charge in [-0.25, -0.2) is 9.79 Å². The second kappa shape index (κ2) is 8.62. The molecular formula is C24H18N2O5. The van der Waals surface area contributed by atoms with Gasteiger partial charge in [-0.1, -0.05) is 48.0 Å². The summed E-state index contributed by atoms with van der Waals surface area (Å²) in [6.07, 6.45) is 1.59. The van der Waals surface area contributed by atoms with Gasteiger partial charge in [0.2, 0.25) is 5.90 Å². The van der Waals surface area contributed by atoms with Crippen LogP contribution in [0.2, 0.25) is 0 Å². The summed E-state index contributed by atoms with van der Waals surface area (Å²) in [6.45, 7) is 2.46. The fourth-order valence-corrected chi connectivity index (χ4v) is 3.11. The average molecular weight is 414 g/mol. The van der Waals surface area contributed by atoms with E-state index in [1.165, 1.54) is 18.2 Å². The summed E-state index contributed by atoms with van der Waals surface area (Å²) >= 11 is 0. The zero-order valence-electron chi connectivity index (χ0n) is 16.6. The third-order valence-corrected chi connectivity index (χ3v) is 4.57. The largest absolute Gasteiger partial charge is 0.489 e. The van der Waals surface area contributed by atoms with Crippen LogP contribution in [0.5, 0.6) is 5.75 Å². The first-order valence-corrected chi connectivity index (χ1v) is 9.54. The first kappa shape index (κ1) is 20.0. The van der Waals surface area contributed by atoms with Crippen molar-refractivity contribution in [2.45, 2.75) is 13.5 Å². The zero-order chi connectivity index (χ0) is 21.8. The molecule has 0 bridgehead atoms. The number of ether oxygens (including phenoxy) is 2. The summed E-state index contributed by atoms with van der Waals surface area (Å²) in [5.74, 6) is 0.0736. The highest BCUT2D eigenvalue weighted by atomic mass is 16.6. The molecule has 0 fully saturated rings. The van der Waals surface area contributed by atoms with E-state index in [1.807, 2.05) is 43.3 Å². The van der Waals surface area contributed by atoms with E-state index in [2.05, 4.69) is 11.1 Å². The number of nitro benzene ring substituents is 1. The molecule has 1 aliphatic heterocycles. The van der Waals surface area contributed by atoms with E-state index in [1.54, 1.807) is 18.2 Å². The number of non-ortho nitro benzene ring substituents is 1. The van der Waals surface area contributed by atoms with Crippen LogP contribution in [0.1, 0.15) is 22.3 Å². The van der Waals surface area contributed by atoms with E-state index in [0.29, 0.717) is 17.9 Å². The highest BCUT2D eigenvalue weighted by Gasteiger charge is 2.25. The van der Waals surface area contributed by atoms with Crippen LogP contribution >= 0.6 is 0 Å². The van der Waals surface area contributed by atoms with Gasteiger partial charge in [0.05, 0.1) is 4.92 Å². The molecule has 0 saturated heterocycles. The highest BCUT2D eigenvalue weighted by Crippen LogP contribution is 2.23. The van der Waals surface area contributed by atoms with Crippen LogP contribution in [0.3, 0.4) is 0 Å². The Kier molecular flexibility index (Phi) is 5.57. The van der Waals surface area contributed by atoms with E-state index in [-0.39, 0.29) is 17.3 Å². The van der Waals surface area contributed by atoms with Crippen molar-refractivity contribution in [3.05, 3.63) is 111 Å². The van der Waals surface area contributed by atoms with Gasteiger partial charge in [0.25, 0.3) is 5.69 Å². The molecule has 0 spiro atoms. The molecule has 0 atom stereocenters. The number of aliphatic imine (C=N–C) groups is 1. The fraction of sp³-hybridized carbons (Fsp3) is 0.0833. The van der Waals surface area contributed by atoms with Crippen LogP contribution < -0.4 is 4.74 Å². The molecule has 7 heteroatoms.